The zero-order valence-corrected chi connectivity index (χ0v) is 6.99. The van der Waals surface area contributed by atoms with Gasteiger partial charge in [-0.2, -0.15) is 0 Å². The lowest BCUT2D eigenvalue weighted by Gasteiger charge is -2.27. The lowest BCUT2D eigenvalue weighted by Crippen LogP contribution is -2.32. The summed E-state index contributed by atoms with van der Waals surface area (Å²) in [6.45, 7) is 2.18. The third kappa shape index (κ3) is 1.06. The first-order chi connectivity index (χ1) is 5.68. The molecule has 1 aliphatic carbocycles. The summed E-state index contributed by atoms with van der Waals surface area (Å²) >= 11 is 0. The van der Waals surface area contributed by atoms with Crippen molar-refractivity contribution in [2.75, 3.05) is 0 Å². The van der Waals surface area contributed by atoms with Crippen LogP contribution in [0.3, 0.4) is 0 Å². The maximum absolute atomic E-state index is 8.88. The van der Waals surface area contributed by atoms with E-state index in [2.05, 4.69) is 6.92 Å². The Balaban J connectivity index is 2.36. The Labute approximate surface area is 72.0 Å². The number of benzene rings is 1. The molecule has 0 saturated carbocycles. The molecule has 0 aliphatic heterocycles. The van der Waals surface area contributed by atoms with Crippen molar-refractivity contribution in [1.29, 1.82) is 0 Å². The Morgan fingerprint density at radius 3 is 2.67 bits per heavy atom. The van der Waals surface area contributed by atoms with Crippen LogP contribution in [0.2, 0.25) is 0 Å². The van der Waals surface area contributed by atoms with Crippen LogP contribution < -0.4 is 5.46 Å². The van der Waals surface area contributed by atoms with E-state index >= 15 is 0 Å². The van der Waals surface area contributed by atoms with Crippen molar-refractivity contribution in [1.82, 2.24) is 0 Å². The molecule has 0 radical (unpaired) electrons. The fourth-order valence-corrected chi connectivity index (χ4v) is 1.75. The van der Waals surface area contributed by atoms with Gasteiger partial charge in [0.25, 0.3) is 0 Å². The molecule has 1 aromatic carbocycles. The third-order valence-electron chi connectivity index (χ3n) is 2.52. The lowest BCUT2D eigenvalue weighted by atomic mass is 9.72. The first-order valence-corrected chi connectivity index (χ1v) is 4.17. The van der Waals surface area contributed by atoms with Crippen LogP contribution in [0.4, 0.5) is 0 Å². The van der Waals surface area contributed by atoms with Gasteiger partial charge in [0, 0.05) is 0 Å². The standard InChI is InChI=1S/C9H11BO2/c1-6-4-7-5-8(10(11)12)2-3-9(6)7/h2-3,5-6,11-12H,4H2,1H3. The van der Waals surface area contributed by atoms with Gasteiger partial charge in [-0.25, -0.2) is 0 Å². The summed E-state index contributed by atoms with van der Waals surface area (Å²) in [5.74, 6) is 0.643. The second-order valence-corrected chi connectivity index (χ2v) is 3.44. The summed E-state index contributed by atoms with van der Waals surface area (Å²) in [6, 6.07) is 5.64. The fourth-order valence-electron chi connectivity index (χ4n) is 1.75. The Hall–Kier alpha value is -0.795. The number of hydrogen-bond acceptors (Lipinski definition) is 2. The van der Waals surface area contributed by atoms with Crippen molar-refractivity contribution >= 4 is 12.6 Å². The van der Waals surface area contributed by atoms with Crippen LogP contribution in [-0.2, 0) is 6.42 Å². The predicted octanol–water partition coefficient (Wildman–Crippen LogP) is 0.0260. The summed E-state index contributed by atoms with van der Waals surface area (Å²) in [5.41, 5.74) is 3.20. The molecule has 0 aromatic heterocycles. The van der Waals surface area contributed by atoms with E-state index in [1.54, 1.807) is 6.07 Å². The monoisotopic (exact) mass is 162 g/mol. The number of fused-ring (bicyclic) bond motifs is 1. The Bertz CT molecular complexity index is 309. The van der Waals surface area contributed by atoms with Crippen molar-refractivity contribution in [2.45, 2.75) is 19.3 Å². The van der Waals surface area contributed by atoms with E-state index in [-0.39, 0.29) is 0 Å². The normalized spacial score (nSPS) is 19.8. The van der Waals surface area contributed by atoms with Gasteiger partial charge in [0.15, 0.2) is 0 Å². The van der Waals surface area contributed by atoms with Crippen molar-refractivity contribution in [3.63, 3.8) is 0 Å². The van der Waals surface area contributed by atoms with Crippen LogP contribution in [0.5, 0.6) is 0 Å². The summed E-state index contributed by atoms with van der Waals surface area (Å²) in [7, 11) is -1.33. The van der Waals surface area contributed by atoms with E-state index in [9.17, 15) is 0 Å². The summed E-state index contributed by atoms with van der Waals surface area (Å²) in [4.78, 5) is 0. The maximum Gasteiger partial charge on any atom is 0.488 e. The van der Waals surface area contributed by atoms with E-state index in [1.165, 1.54) is 11.1 Å². The SMILES string of the molecule is CC1Cc2cc(B(O)O)ccc21. The smallest absolute Gasteiger partial charge is 0.423 e. The van der Waals surface area contributed by atoms with Crippen molar-refractivity contribution < 1.29 is 10.0 Å². The molecule has 2 nitrogen and oxygen atoms in total. The molecule has 2 rings (SSSR count). The molecule has 62 valence electrons. The molecule has 0 saturated heterocycles. The molecule has 0 amide bonds. The Morgan fingerprint density at radius 1 is 1.42 bits per heavy atom. The van der Waals surface area contributed by atoms with Gasteiger partial charge < -0.3 is 10.0 Å². The van der Waals surface area contributed by atoms with E-state index in [0.29, 0.717) is 11.4 Å². The van der Waals surface area contributed by atoms with Gasteiger partial charge in [-0.05, 0) is 28.9 Å². The van der Waals surface area contributed by atoms with E-state index in [0.717, 1.165) is 6.42 Å². The summed E-state index contributed by atoms with van der Waals surface area (Å²) < 4.78 is 0. The average molecular weight is 162 g/mol. The predicted molar refractivity (Wildman–Crippen MR) is 48.4 cm³/mol. The van der Waals surface area contributed by atoms with Crippen LogP contribution in [0.15, 0.2) is 18.2 Å². The number of rotatable bonds is 1. The molecular weight excluding hydrogens is 151 g/mol. The van der Waals surface area contributed by atoms with Gasteiger partial charge in [0.2, 0.25) is 0 Å². The molecule has 2 N–H and O–H groups in total. The van der Waals surface area contributed by atoms with E-state index in [4.69, 9.17) is 10.0 Å². The van der Waals surface area contributed by atoms with Crippen LogP contribution in [0, 0.1) is 0 Å². The molecule has 3 heteroatoms. The molecule has 0 fully saturated rings. The van der Waals surface area contributed by atoms with Crippen molar-refractivity contribution in [3.05, 3.63) is 29.3 Å². The highest BCUT2D eigenvalue weighted by Gasteiger charge is 2.23. The molecule has 1 aliphatic rings. The molecule has 0 heterocycles. The van der Waals surface area contributed by atoms with Crippen LogP contribution in [-0.4, -0.2) is 17.2 Å². The average Bonchev–Trinajstić information content (AvgIpc) is 2.01. The molecule has 1 unspecified atom stereocenters. The second-order valence-electron chi connectivity index (χ2n) is 3.44. The highest BCUT2D eigenvalue weighted by atomic mass is 16.4. The fraction of sp³-hybridized carbons (Fsp3) is 0.333. The Morgan fingerprint density at radius 2 is 2.17 bits per heavy atom. The minimum atomic E-state index is -1.33. The molecule has 1 atom stereocenters. The molecular formula is C9H11BO2. The molecule has 0 spiro atoms. The van der Waals surface area contributed by atoms with Crippen LogP contribution >= 0.6 is 0 Å². The van der Waals surface area contributed by atoms with E-state index in [1.807, 2.05) is 12.1 Å². The van der Waals surface area contributed by atoms with Gasteiger partial charge >= 0.3 is 7.12 Å². The molecule has 0 bridgehead atoms. The van der Waals surface area contributed by atoms with Crippen molar-refractivity contribution in [2.24, 2.45) is 0 Å². The van der Waals surface area contributed by atoms with Crippen molar-refractivity contribution in [3.8, 4) is 0 Å². The molecule has 12 heavy (non-hydrogen) atoms. The van der Waals surface area contributed by atoms with Gasteiger partial charge in [0.1, 0.15) is 0 Å². The Kier molecular flexibility index (Phi) is 1.70. The second kappa shape index (κ2) is 2.61. The lowest BCUT2D eigenvalue weighted by molar-refractivity contribution is 0.425. The van der Waals surface area contributed by atoms with Gasteiger partial charge in [-0.1, -0.05) is 25.1 Å². The largest absolute Gasteiger partial charge is 0.488 e. The zero-order valence-electron chi connectivity index (χ0n) is 6.99. The maximum atomic E-state index is 8.88. The highest BCUT2D eigenvalue weighted by Crippen LogP contribution is 2.33. The summed E-state index contributed by atoms with van der Waals surface area (Å²) in [5, 5.41) is 17.8. The van der Waals surface area contributed by atoms with Gasteiger partial charge in [-0.3, -0.25) is 0 Å². The van der Waals surface area contributed by atoms with Crippen LogP contribution in [0.1, 0.15) is 24.0 Å². The summed E-state index contributed by atoms with van der Waals surface area (Å²) in [6.07, 6.45) is 1.07. The topological polar surface area (TPSA) is 40.5 Å². The highest BCUT2D eigenvalue weighted by molar-refractivity contribution is 6.58. The number of hydrogen-bond donors (Lipinski definition) is 2. The minimum absolute atomic E-state index is 0.598. The first kappa shape index (κ1) is 7.83. The first-order valence-electron chi connectivity index (χ1n) is 4.17. The third-order valence-corrected chi connectivity index (χ3v) is 2.52. The minimum Gasteiger partial charge on any atom is -0.423 e. The van der Waals surface area contributed by atoms with Gasteiger partial charge in [-0.15, -0.1) is 0 Å². The van der Waals surface area contributed by atoms with Gasteiger partial charge in [0.05, 0.1) is 0 Å². The molecule has 1 aromatic rings. The van der Waals surface area contributed by atoms with E-state index < -0.39 is 7.12 Å². The quantitative estimate of drug-likeness (QED) is 0.571. The zero-order chi connectivity index (χ0) is 8.72. The van der Waals surface area contributed by atoms with Crippen LogP contribution in [0.25, 0.3) is 0 Å².